The lowest BCUT2D eigenvalue weighted by atomic mass is 10.3. The van der Waals surface area contributed by atoms with E-state index in [1.807, 2.05) is 54.6 Å². The Hall–Kier alpha value is -3.19. The minimum atomic E-state index is 0.454. The van der Waals surface area contributed by atoms with Gasteiger partial charge >= 0.3 is 0 Å². The molecule has 0 bridgehead atoms. The molecule has 0 saturated carbocycles. The van der Waals surface area contributed by atoms with Crippen molar-refractivity contribution in [2.75, 3.05) is 43.4 Å². The summed E-state index contributed by atoms with van der Waals surface area (Å²) in [7, 11) is 2.13. The fraction of sp³-hybridized carbons (Fsp3) is 0.250. The molecule has 3 aromatic rings. The first-order chi connectivity index (χ1) is 13.3. The van der Waals surface area contributed by atoms with E-state index in [1.165, 1.54) is 0 Å². The van der Waals surface area contributed by atoms with Crippen LogP contribution in [0.4, 0.5) is 17.5 Å². The van der Waals surface area contributed by atoms with E-state index in [0.717, 1.165) is 43.4 Å². The Balaban J connectivity index is 1.52. The zero-order valence-corrected chi connectivity index (χ0v) is 15.2. The maximum atomic E-state index is 5.99. The van der Waals surface area contributed by atoms with Crippen LogP contribution in [0.5, 0.6) is 11.5 Å². The molecule has 0 amide bonds. The minimum Gasteiger partial charge on any atom is -0.455 e. The van der Waals surface area contributed by atoms with Crippen LogP contribution in [-0.2, 0) is 0 Å². The highest BCUT2D eigenvalue weighted by Gasteiger charge is 2.16. The third-order valence-electron chi connectivity index (χ3n) is 4.48. The van der Waals surface area contributed by atoms with Gasteiger partial charge in [-0.3, -0.25) is 0 Å². The molecule has 2 aromatic carbocycles. The predicted molar refractivity (Wildman–Crippen MR) is 106 cm³/mol. The van der Waals surface area contributed by atoms with Gasteiger partial charge in [-0.05, 0) is 31.3 Å². The Bertz CT molecular complexity index is 880. The van der Waals surface area contributed by atoms with Crippen LogP contribution in [0, 0.1) is 0 Å². The second-order valence-corrected chi connectivity index (χ2v) is 6.46. The Morgan fingerprint density at radius 1 is 0.926 bits per heavy atom. The van der Waals surface area contributed by atoms with E-state index < -0.39 is 0 Å². The molecule has 0 radical (unpaired) electrons. The molecule has 1 fully saturated rings. The van der Waals surface area contributed by atoms with Gasteiger partial charge in [-0.15, -0.1) is 5.10 Å². The maximum Gasteiger partial charge on any atom is 0.249 e. The number of para-hydroxylation sites is 3. The van der Waals surface area contributed by atoms with E-state index in [1.54, 1.807) is 6.20 Å². The third kappa shape index (κ3) is 4.32. The monoisotopic (exact) mass is 362 g/mol. The van der Waals surface area contributed by atoms with Gasteiger partial charge in [-0.1, -0.05) is 30.3 Å². The first kappa shape index (κ1) is 17.2. The first-order valence-corrected chi connectivity index (χ1v) is 9.00. The van der Waals surface area contributed by atoms with Crippen molar-refractivity contribution in [3.63, 3.8) is 0 Å². The summed E-state index contributed by atoms with van der Waals surface area (Å²) >= 11 is 0. The van der Waals surface area contributed by atoms with E-state index in [2.05, 4.69) is 37.3 Å². The number of hydrogen-bond donors (Lipinski definition) is 1. The number of aromatic nitrogens is 3. The normalized spacial score (nSPS) is 14.8. The van der Waals surface area contributed by atoms with Gasteiger partial charge in [0.1, 0.15) is 5.75 Å². The van der Waals surface area contributed by atoms with E-state index in [4.69, 9.17) is 4.74 Å². The molecule has 0 unspecified atom stereocenters. The molecular weight excluding hydrogens is 340 g/mol. The molecule has 1 aliphatic rings. The Morgan fingerprint density at radius 2 is 1.67 bits per heavy atom. The summed E-state index contributed by atoms with van der Waals surface area (Å²) in [6.07, 6.45) is 1.71. The zero-order chi connectivity index (χ0) is 18.5. The number of likely N-dealkylation sites (N-methyl/N-ethyl adjacent to an activating group) is 1. The van der Waals surface area contributed by atoms with E-state index in [0.29, 0.717) is 11.7 Å². The fourth-order valence-electron chi connectivity index (χ4n) is 2.93. The van der Waals surface area contributed by atoms with Crippen molar-refractivity contribution in [1.29, 1.82) is 0 Å². The minimum absolute atomic E-state index is 0.454. The Kier molecular flexibility index (Phi) is 5.11. The van der Waals surface area contributed by atoms with Crippen LogP contribution in [0.1, 0.15) is 0 Å². The number of nitrogens with one attached hydrogen (secondary N) is 1. The fourth-order valence-corrected chi connectivity index (χ4v) is 2.93. The molecule has 4 rings (SSSR count). The van der Waals surface area contributed by atoms with Gasteiger partial charge in [-0.25, -0.2) is 0 Å². The average molecular weight is 362 g/mol. The van der Waals surface area contributed by atoms with Gasteiger partial charge in [0.2, 0.25) is 5.95 Å². The van der Waals surface area contributed by atoms with Crippen molar-refractivity contribution in [2.24, 2.45) is 0 Å². The van der Waals surface area contributed by atoms with Crippen molar-refractivity contribution in [2.45, 2.75) is 0 Å². The smallest absolute Gasteiger partial charge is 0.249 e. The number of nitrogens with zero attached hydrogens (tertiary/aromatic N) is 5. The highest BCUT2D eigenvalue weighted by Crippen LogP contribution is 2.30. The first-order valence-electron chi connectivity index (χ1n) is 9.00. The van der Waals surface area contributed by atoms with Crippen LogP contribution < -0.4 is 15.0 Å². The van der Waals surface area contributed by atoms with Crippen molar-refractivity contribution in [3.05, 3.63) is 60.8 Å². The van der Waals surface area contributed by atoms with Gasteiger partial charge in [-0.2, -0.15) is 10.1 Å². The summed E-state index contributed by atoms with van der Waals surface area (Å²) in [5.74, 6) is 2.77. The molecule has 138 valence electrons. The van der Waals surface area contributed by atoms with E-state index in [-0.39, 0.29) is 0 Å². The summed E-state index contributed by atoms with van der Waals surface area (Å²) in [5.41, 5.74) is 0.790. The van der Waals surface area contributed by atoms with Crippen LogP contribution in [-0.4, -0.2) is 53.3 Å². The summed E-state index contributed by atoms with van der Waals surface area (Å²) in [6, 6.07) is 17.4. The molecule has 7 heteroatoms. The summed E-state index contributed by atoms with van der Waals surface area (Å²) in [5, 5.41) is 11.5. The van der Waals surface area contributed by atoms with Crippen LogP contribution in [0.3, 0.4) is 0 Å². The largest absolute Gasteiger partial charge is 0.455 e. The van der Waals surface area contributed by atoms with Gasteiger partial charge < -0.3 is 19.9 Å². The number of hydrogen-bond acceptors (Lipinski definition) is 7. The highest BCUT2D eigenvalue weighted by molar-refractivity contribution is 5.63. The SMILES string of the molecule is CN1CCN(c2cnnc(Nc3ccccc3Oc3ccccc3)n2)CC1. The second kappa shape index (κ2) is 8.01. The van der Waals surface area contributed by atoms with Crippen molar-refractivity contribution in [1.82, 2.24) is 20.1 Å². The lowest BCUT2D eigenvalue weighted by Gasteiger charge is -2.32. The van der Waals surface area contributed by atoms with Crippen molar-refractivity contribution >= 4 is 17.5 Å². The second-order valence-electron chi connectivity index (χ2n) is 6.46. The lowest BCUT2D eigenvalue weighted by molar-refractivity contribution is 0.312. The molecule has 7 nitrogen and oxygen atoms in total. The van der Waals surface area contributed by atoms with Crippen molar-refractivity contribution < 1.29 is 4.74 Å². The Labute approximate surface area is 158 Å². The number of rotatable bonds is 5. The van der Waals surface area contributed by atoms with E-state index >= 15 is 0 Å². The molecule has 1 N–H and O–H groups in total. The lowest BCUT2D eigenvalue weighted by Crippen LogP contribution is -2.44. The molecular formula is C20H22N6O. The topological polar surface area (TPSA) is 66.4 Å². The van der Waals surface area contributed by atoms with Crippen LogP contribution in [0.15, 0.2) is 60.8 Å². The number of anilines is 3. The van der Waals surface area contributed by atoms with E-state index in [9.17, 15) is 0 Å². The summed E-state index contributed by atoms with van der Waals surface area (Å²) in [6.45, 7) is 3.89. The number of ether oxygens (including phenoxy) is 1. The molecule has 2 heterocycles. The quantitative estimate of drug-likeness (QED) is 0.748. The zero-order valence-electron chi connectivity index (χ0n) is 15.2. The predicted octanol–water partition coefficient (Wildman–Crippen LogP) is 3.16. The molecule has 1 saturated heterocycles. The standard InChI is InChI=1S/C20H22N6O/c1-25-11-13-26(14-12-25)19-15-21-24-20(23-19)22-17-9-5-6-10-18(17)27-16-7-3-2-4-8-16/h2-10,15H,11-14H2,1H3,(H,22,23,24). The molecule has 1 aliphatic heterocycles. The number of piperazine rings is 1. The van der Waals surface area contributed by atoms with Gasteiger partial charge in [0.15, 0.2) is 11.6 Å². The van der Waals surface area contributed by atoms with Crippen LogP contribution >= 0.6 is 0 Å². The summed E-state index contributed by atoms with van der Waals surface area (Å²) < 4.78 is 5.99. The van der Waals surface area contributed by atoms with Crippen LogP contribution in [0.2, 0.25) is 0 Å². The molecule has 0 aliphatic carbocycles. The molecule has 27 heavy (non-hydrogen) atoms. The summed E-state index contributed by atoms with van der Waals surface area (Å²) in [4.78, 5) is 9.17. The average Bonchev–Trinajstić information content (AvgIpc) is 2.71. The molecule has 1 aromatic heterocycles. The van der Waals surface area contributed by atoms with Gasteiger partial charge in [0, 0.05) is 26.2 Å². The van der Waals surface area contributed by atoms with Crippen molar-refractivity contribution in [3.8, 4) is 11.5 Å². The van der Waals surface area contributed by atoms with Crippen LogP contribution in [0.25, 0.3) is 0 Å². The molecule has 0 atom stereocenters. The van der Waals surface area contributed by atoms with Gasteiger partial charge in [0.05, 0.1) is 11.9 Å². The highest BCUT2D eigenvalue weighted by atomic mass is 16.5. The Morgan fingerprint density at radius 3 is 2.48 bits per heavy atom. The third-order valence-corrected chi connectivity index (χ3v) is 4.48. The number of benzene rings is 2. The van der Waals surface area contributed by atoms with Gasteiger partial charge in [0.25, 0.3) is 0 Å². The maximum absolute atomic E-state index is 5.99. The molecule has 0 spiro atoms.